The van der Waals surface area contributed by atoms with Crippen molar-refractivity contribution in [2.75, 3.05) is 26.8 Å². The number of nitrogens with one attached hydrogen (secondary N) is 2. The molecule has 0 spiro atoms. The SMILES string of the molecule is COCCNC(=O)CNC(=O)c1cc(C)nn1C. The molecule has 0 saturated heterocycles. The molecule has 0 aliphatic carbocycles. The Labute approximate surface area is 105 Å². The van der Waals surface area contributed by atoms with Gasteiger partial charge in [0.2, 0.25) is 5.91 Å². The fourth-order valence-corrected chi connectivity index (χ4v) is 1.43. The molecule has 1 aromatic heterocycles. The highest BCUT2D eigenvalue weighted by Crippen LogP contribution is 2.00. The third-order valence-electron chi connectivity index (χ3n) is 2.27. The monoisotopic (exact) mass is 254 g/mol. The van der Waals surface area contributed by atoms with Crippen LogP contribution in [0.2, 0.25) is 0 Å². The second kappa shape index (κ2) is 6.75. The van der Waals surface area contributed by atoms with Crippen LogP contribution in [0.5, 0.6) is 0 Å². The third-order valence-corrected chi connectivity index (χ3v) is 2.27. The lowest BCUT2D eigenvalue weighted by Crippen LogP contribution is -2.38. The summed E-state index contributed by atoms with van der Waals surface area (Å²) in [7, 11) is 3.24. The summed E-state index contributed by atoms with van der Waals surface area (Å²) in [6.45, 7) is 2.61. The quantitative estimate of drug-likeness (QED) is 0.652. The van der Waals surface area contributed by atoms with E-state index in [1.807, 2.05) is 0 Å². The van der Waals surface area contributed by atoms with Crippen molar-refractivity contribution in [3.8, 4) is 0 Å². The fraction of sp³-hybridized carbons (Fsp3) is 0.545. The van der Waals surface area contributed by atoms with Gasteiger partial charge in [-0.05, 0) is 13.0 Å². The number of amides is 2. The summed E-state index contributed by atoms with van der Waals surface area (Å²) < 4.78 is 6.27. The van der Waals surface area contributed by atoms with E-state index in [0.29, 0.717) is 18.8 Å². The summed E-state index contributed by atoms with van der Waals surface area (Å²) in [6.07, 6.45) is 0. The van der Waals surface area contributed by atoms with E-state index in [1.54, 1.807) is 27.1 Å². The summed E-state index contributed by atoms with van der Waals surface area (Å²) in [4.78, 5) is 23.1. The van der Waals surface area contributed by atoms with E-state index >= 15 is 0 Å². The molecule has 0 fully saturated rings. The lowest BCUT2D eigenvalue weighted by Gasteiger charge is -2.06. The molecule has 0 bridgehead atoms. The average molecular weight is 254 g/mol. The first kappa shape index (κ1) is 14.2. The number of carbonyl (C=O) groups excluding carboxylic acids is 2. The smallest absolute Gasteiger partial charge is 0.269 e. The van der Waals surface area contributed by atoms with Gasteiger partial charge in [-0.25, -0.2) is 0 Å². The summed E-state index contributed by atoms with van der Waals surface area (Å²) in [5.74, 6) is -0.570. The summed E-state index contributed by atoms with van der Waals surface area (Å²) >= 11 is 0. The molecule has 0 aliphatic rings. The van der Waals surface area contributed by atoms with Crippen LogP contribution in [-0.2, 0) is 16.6 Å². The van der Waals surface area contributed by atoms with Crippen molar-refractivity contribution in [1.29, 1.82) is 0 Å². The number of aromatic nitrogens is 2. The Kier molecular flexibility index (Phi) is 5.31. The van der Waals surface area contributed by atoms with Crippen LogP contribution in [0.15, 0.2) is 6.07 Å². The zero-order chi connectivity index (χ0) is 13.5. The van der Waals surface area contributed by atoms with Crippen LogP contribution in [-0.4, -0.2) is 48.4 Å². The van der Waals surface area contributed by atoms with Gasteiger partial charge in [0, 0.05) is 20.7 Å². The van der Waals surface area contributed by atoms with E-state index in [4.69, 9.17) is 4.74 Å². The molecule has 100 valence electrons. The molecule has 1 rings (SSSR count). The van der Waals surface area contributed by atoms with Gasteiger partial charge < -0.3 is 15.4 Å². The largest absolute Gasteiger partial charge is 0.383 e. The van der Waals surface area contributed by atoms with Crippen LogP contribution in [0.3, 0.4) is 0 Å². The van der Waals surface area contributed by atoms with Gasteiger partial charge in [-0.3, -0.25) is 14.3 Å². The second-order valence-corrected chi connectivity index (χ2v) is 3.82. The molecular weight excluding hydrogens is 236 g/mol. The molecule has 0 radical (unpaired) electrons. The average Bonchev–Trinajstić information content (AvgIpc) is 2.66. The molecule has 18 heavy (non-hydrogen) atoms. The van der Waals surface area contributed by atoms with E-state index in [1.165, 1.54) is 4.68 Å². The Morgan fingerprint density at radius 1 is 1.44 bits per heavy atom. The van der Waals surface area contributed by atoms with Crippen LogP contribution >= 0.6 is 0 Å². The normalized spacial score (nSPS) is 10.2. The minimum atomic E-state index is -0.319. The number of hydrogen-bond donors (Lipinski definition) is 2. The lowest BCUT2D eigenvalue weighted by molar-refractivity contribution is -0.120. The molecule has 2 amide bonds. The number of nitrogens with zero attached hydrogens (tertiary/aromatic N) is 2. The maximum atomic E-state index is 11.7. The molecule has 0 saturated carbocycles. The summed E-state index contributed by atoms with van der Waals surface area (Å²) in [6, 6.07) is 1.66. The molecule has 1 heterocycles. The van der Waals surface area contributed by atoms with Crippen LogP contribution in [0, 0.1) is 6.92 Å². The first-order valence-corrected chi connectivity index (χ1v) is 5.59. The van der Waals surface area contributed by atoms with E-state index < -0.39 is 0 Å². The fourth-order valence-electron chi connectivity index (χ4n) is 1.43. The molecule has 0 unspecified atom stereocenters. The molecular formula is C11H18N4O3. The number of methoxy groups -OCH3 is 1. The molecule has 7 nitrogen and oxygen atoms in total. The zero-order valence-corrected chi connectivity index (χ0v) is 10.8. The molecule has 2 N–H and O–H groups in total. The van der Waals surface area contributed by atoms with E-state index in [9.17, 15) is 9.59 Å². The topological polar surface area (TPSA) is 85.2 Å². The molecule has 0 atom stereocenters. The van der Waals surface area contributed by atoms with Gasteiger partial charge in [0.05, 0.1) is 18.8 Å². The minimum Gasteiger partial charge on any atom is -0.383 e. The predicted octanol–water partition coefficient (Wildman–Crippen LogP) is -0.779. The highest BCUT2D eigenvalue weighted by atomic mass is 16.5. The highest BCUT2D eigenvalue weighted by Gasteiger charge is 2.12. The van der Waals surface area contributed by atoms with Crippen molar-refractivity contribution in [3.05, 3.63) is 17.5 Å². The highest BCUT2D eigenvalue weighted by molar-refractivity contribution is 5.95. The van der Waals surface area contributed by atoms with Crippen molar-refractivity contribution < 1.29 is 14.3 Å². The van der Waals surface area contributed by atoms with Crippen molar-refractivity contribution >= 4 is 11.8 Å². The van der Waals surface area contributed by atoms with Crippen LogP contribution in [0.4, 0.5) is 0 Å². The van der Waals surface area contributed by atoms with Gasteiger partial charge in [-0.2, -0.15) is 5.10 Å². The number of rotatable bonds is 6. The predicted molar refractivity (Wildman–Crippen MR) is 65.2 cm³/mol. The van der Waals surface area contributed by atoms with Crippen LogP contribution in [0.25, 0.3) is 0 Å². The van der Waals surface area contributed by atoms with Crippen LogP contribution in [0.1, 0.15) is 16.2 Å². The minimum absolute atomic E-state index is 0.0627. The van der Waals surface area contributed by atoms with Gasteiger partial charge in [-0.15, -0.1) is 0 Å². The van der Waals surface area contributed by atoms with Gasteiger partial charge in [0.15, 0.2) is 0 Å². The summed E-state index contributed by atoms with van der Waals surface area (Å²) in [5.41, 5.74) is 1.18. The van der Waals surface area contributed by atoms with Crippen molar-refractivity contribution in [3.63, 3.8) is 0 Å². The Balaban J connectivity index is 2.37. The first-order valence-electron chi connectivity index (χ1n) is 5.59. The third kappa shape index (κ3) is 4.17. The molecule has 0 aliphatic heterocycles. The first-order chi connectivity index (χ1) is 8.54. The Morgan fingerprint density at radius 2 is 2.17 bits per heavy atom. The Hall–Kier alpha value is -1.89. The molecule has 7 heteroatoms. The number of carbonyl (C=O) groups is 2. The standard InChI is InChI=1S/C11H18N4O3/c1-8-6-9(15(2)14-8)11(17)13-7-10(16)12-4-5-18-3/h6H,4-5,7H2,1-3H3,(H,12,16)(H,13,17). The van der Waals surface area contributed by atoms with Crippen molar-refractivity contribution in [1.82, 2.24) is 20.4 Å². The van der Waals surface area contributed by atoms with E-state index in [2.05, 4.69) is 15.7 Å². The Morgan fingerprint density at radius 3 is 2.72 bits per heavy atom. The van der Waals surface area contributed by atoms with Crippen molar-refractivity contribution in [2.24, 2.45) is 7.05 Å². The van der Waals surface area contributed by atoms with Gasteiger partial charge in [0.25, 0.3) is 5.91 Å². The Bertz CT molecular complexity index is 428. The molecule has 0 aromatic carbocycles. The van der Waals surface area contributed by atoms with Crippen molar-refractivity contribution in [2.45, 2.75) is 6.92 Å². The van der Waals surface area contributed by atoms with Crippen LogP contribution < -0.4 is 10.6 Å². The summed E-state index contributed by atoms with van der Waals surface area (Å²) in [5, 5.41) is 9.19. The number of ether oxygens (including phenoxy) is 1. The molecule has 1 aromatic rings. The van der Waals surface area contributed by atoms with Gasteiger partial charge in [0.1, 0.15) is 5.69 Å². The second-order valence-electron chi connectivity index (χ2n) is 3.82. The van der Waals surface area contributed by atoms with Gasteiger partial charge >= 0.3 is 0 Å². The van der Waals surface area contributed by atoms with Gasteiger partial charge in [-0.1, -0.05) is 0 Å². The maximum absolute atomic E-state index is 11.7. The van der Waals surface area contributed by atoms with E-state index in [-0.39, 0.29) is 18.4 Å². The maximum Gasteiger partial charge on any atom is 0.269 e. The lowest BCUT2D eigenvalue weighted by atomic mass is 10.3. The zero-order valence-electron chi connectivity index (χ0n) is 10.8. The van der Waals surface area contributed by atoms with E-state index in [0.717, 1.165) is 5.69 Å². The number of hydrogen-bond acceptors (Lipinski definition) is 4. The number of aryl methyl sites for hydroxylation is 2.